The van der Waals surface area contributed by atoms with Crippen LogP contribution in [-0.4, -0.2) is 37.7 Å². The summed E-state index contributed by atoms with van der Waals surface area (Å²) in [6.45, 7) is 6.98. The molecule has 112 valence electrons. The Morgan fingerprint density at radius 2 is 2.30 bits per heavy atom. The molecule has 0 bridgehead atoms. The maximum Gasteiger partial charge on any atom is 0.0702 e. The Hall–Kier alpha value is -0.420. The van der Waals surface area contributed by atoms with Gasteiger partial charge in [0.05, 0.1) is 6.10 Å². The predicted molar refractivity (Wildman–Crippen MR) is 86.8 cm³/mol. The molecule has 1 N–H and O–H groups in total. The Balaban J connectivity index is 1.87. The van der Waals surface area contributed by atoms with Crippen molar-refractivity contribution < 1.29 is 4.74 Å². The molecule has 0 radical (unpaired) electrons. The monoisotopic (exact) mass is 340 g/mol. The Labute approximate surface area is 130 Å². The molecular formula is C16H25BrN2O. The first-order valence-corrected chi connectivity index (χ1v) is 8.26. The molecule has 1 unspecified atom stereocenters. The van der Waals surface area contributed by atoms with Crippen LogP contribution >= 0.6 is 15.9 Å². The molecule has 1 aliphatic heterocycles. The van der Waals surface area contributed by atoms with Gasteiger partial charge in [-0.1, -0.05) is 35.0 Å². The van der Waals surface area contributed by atoms with Crippen LogP contribution in [0, 0.1) is 0 Å². The van der Waals surface area contributed by atoms with Crippen molar-refractivity contribution in [1.82, 2.24) is 10.2 Å². The van der Waals surface area contributed by atoms with Gasteiger partial charge in [-0.15, -0.1) is 0 Å². The van der Waals surface area contributed by atoms with E-state index >= 15 is 0 Å². The lowest BCUT2D eigenvalue weighted by molar-refractivity contribution is 0.0792. The first-order chi connectivity index (χ1) is 9.69. The van der Waals surface area contributed by atoms with E-state index in [1.165, 1.54) is 28.4 Å². The average molecular weight is 341 g/mol. The summed E-state index contributed by atoms with van der Waals surface area (Å²) in [6.07, 6.45) is 2.83. The molecule has 1 aliphatic rings. The van der Waals surface area contributed by atoms with Crippen LogP contribution in [0.1, 0.15) is 30.9 Å². The SMILES string of the molecule is CCNCc1ccc(CN(C)CC2CCCO2)c(Br)c1. The lowest BCUT2D eigenvalue weighted by Crippen LogP contribution is -2.28. The van der Waals surface area contributed by atoms with Gasteiger partial charge in [0.2, 0.25) is 0 Å². The van der Waals surface area contributed by atoms with E-state index in [2.05, 4.69) is 58.3 Å². The van der Waals surface area contributed by atoms with Gasteiger partial charge < -0.3 is 10.1 Å². The maximum atomic E-state index is 5.69. The van der Waals surface area contributed by atoms with Crippen molar-refractivity contribution in [3.8, 4) is 0 Å². The quantitative estimate of drug-likeness (QED) is 0.825. The van der Waals surface area contributed by atoms with Gasteiger partial charge in [0, 0.05) is 30.7 Å². The molecule has 0 spiro atoms. The fourth-order valence-corrected chi connectivity index (χ4v) is 3.14. The van der Waals surface area contributed by atoms with Gasteiger partial charge in [-0.05, 0) is 43.6 Å². The molecule has 1 saturated heterocycles. The zero-order valence-electron chi connectivity index (χ0n) is 12.5. The molecule has 1 aromatic rings. The van der Waals surface area contributed by atoms with Crippen LogP contribution in [0.3, 0.4) is 0 Å². The molecule has 1 fully saturated rings. The highest BCUT2D eigenvalue weighted by molar-refractivity contribution is 9.10. The molecule has 0 aromatic heterocycles. The third kappa shape index (κ3) is 4.85. The number of likely N-dealkylation sites (N-methyl/N-ethyl adjacent to an activating group) is 1. The second kappa shape index (κ2) is 8.13. The van der Waals surface area contributed by atoms with Crippen LogP contribution in [0.5, 0.6) is 0 Å². The largest absolute Gasteiger partial charge is 0.377 e. The molecule has 2 rings (SSSR count). The number of nitrogens with one attached hydrogen (secondary N) is 1. The van der Waals surface area contributed by atoms with Crippen LogP contribution < -0.4 is 5.32 Å². The molecule has 1 atom stereocenters. The fourth-order valence-electron chi connectivity index (χ4n) is 2.59. The summed E-state index contributed by atoms with van der Waals surface area (Å²) in [5.74, 6) is 0. The van der Waals surface area contributed by atoms with Crippen molar-refractivity contribution in [3.63, 3.8) is 0 Å². The Morgan fingerprint density at radius 3 is 2.95 bits per heavy atom. The highest BCUT2D eigenvalue weighted by Crippen LogP contribution is 2.21. The van der Waals surface area contributed by atoms with Crippen molar-refractivity contribution in [3.05, 3.63) is 33.8 Å². The normalized spacial score (nSPS) is 18.9. The van der Waals surface area contributed by atoms with E-state index in [4.69, 9.17) is 4.74 Å². The standard InChI is InChI=1S/C16H25BrN2O/c1-3-18-10-13-6-7-14(16(17)9-13)11-19(2)12-15-5-4-8-20-15/h6-7,9,15,18H,3-5,8,10-12H2,1-2H3. The van der Waals surface area contributed by atoms with Crippen molar-refractivity contribution in [2.45, 2.75) is 39.0 Å². The first-order valence-electron chi connectivity index (χ1n) is 7.47. The summed E-state index contributed by atoms with van der Waals surface area (Å²) in [7, 11) is 2.17. The van der Waals surface area contributed by atoms with Crippen molar-refractivity contribution in [1.29, 1.82) is 0 Å². The number of benzene rings is 1. The van der Waals surface area contributed by atoms with Crippen molar-refractivity contribution >= 4 is 15.9 Å². The van der Waals surface area contributed by atoms with E-state index in [-0.39, 0.29) is 0 Å². The van der Waals surface area contributed by atoms with Crippen LogP contribution in [0.15, 0.2) is 22.7 Å². The maximum absolute atomic E-state index is 5.69. The minimum absolute atomic E-state index is 0.423. The minimum atomic E-state index is 0.423. The molecule has 1 aromatic carbocycles. The number of ether oxygens (including phenoxy) is 1. The van der Waals surface area contributed by atoms with E-state index in [1.54, 1.807) is 0 Å². The smallest absolute Gasteiger partial charge is 0.0702 e. The zero-order chi connectivity index (χ0) is 14.4. The van der Waals surface area contributed by atoms with Crippen molar-refractivity contribution in [2.75, 3.05) is 26.7 Å². The number of nitrogens with zero attached hydrogens (tertiary/aromatic N) is 1. The summed E-state index contributed by atoms with van der Waals surface area (Å²) in [5, 5.41) is 3.35. The first kappa shape index (κ1) is 16.0. The summed E-state index contributed by atoms with van der Waals surface area (Å²) >= 11 is 3.69. The molecule has 1 heterocycles. The number of hydrogen-bond acceptors (Lipinski definition) is 3. The Bertz CT molecular complexity index is 419. The van der Waals surface area contributed by atoms with Crippen LogP contribution in [0.4, 0.5) is 0 Å². The van der Waals surface area contributed by atoms with Crippen LogP contribution in [0.25, 0.3) is 0 Å². The van der Waals surface area contributed by atoms with Gasteiger partial charge in [-0.25, -0.2) is 0 Å². The van der Waals surface area contributed by atoms with Gasteiger partial charge in [-0.2, -0.15) is 0 Å². The molecule has 0 saturated carbocycles. The van der Waals surface area contributed by atoms with Gasteiger partial charge in [0.15, 0.2) is 0 Å². The van der Waals surface area contributed by atoms with Gasteiger partial charge >= 0.3 is 0 Å². The fraction of sp³-hybridized carbons (Fsp3) is 0.625. The molecule has 0 amide bonds. The molecule has 0 aliphatic carbocycles. The summed E-state index contributed by atoms with van der Waals surface area (Å²) in [5.41, 5.74) is 2.66. The Kier molecular flexibility index (Phi) is 6.49. The zero-order valence-corrected chi connectivity index (χ0v) is 14.1. The van der Waals surface area contributed by atoms with E-state index in [0.29, 0.717) is 6.10 Å². The van der Waals surface area contributed by atoms with Crippen LogP contribution in [0.2, 0.25) is 0 Å². The third-order valence-corrected chi connectivity index (χ3v) is 4.41. The molecular weight excluding hydrogens is 316 g/mol. The lowest BCUT2D eigenvalue weighted by Gasteiger charge is -2.21. The summed E-state index contributed by atoms with van der Waals surface area (Å²) in [6, 6.07) is 6.66. The van der Waals surface area contributed by atoms with E-state index in [1.807, 2.05) is 0 Å². The predicted octanol–water partition coefficient (Wildman–Crippen LogP) is 3.17. The van der Waals surface area contributed by atoms with E-state index in [0.717, 1.165) is 32.8 Å². The highest BCUT2D eigenvalue weighted by atomic mass is 79.9. The average Bonchev–Trinajstić information content (AvgIpc) is 2.92. The number of halogens is 1. The number of rotatable bonds is 7. The van der Waals surface area contributed by atoms with E-state index in [9.17, 15) is 0 Å². The molecule has 4 heteroatoms. The second-order valence-electron chi connectivity index (χ2n) is 5.54. The van der Waals surface area contributed by atoms with Gasteiger partial charge in [0.25, 0.3) is 0 Å². The summed E-state index contributed by atoms with van der Waals surface area (Å²) < 4.78 is 6.89. The Morgan fingerprint density at radius 1 is 1.45 bits per heavy atom. The summed E-state index contributed by atoms with van der Waals surface area (Å²) in [4.78, 5) is 2.35. The highest BCUT2D eigenvalue weighted by Gasteiger charge is 2.17. The minimum Gasteiger partial charge on any atom is -0.377 e. The number of hydrogen-bond donors (Lipinski definition) is 1. The van der Waals surface area contributed by atoms with Crippen LogP contribution in [-0.2, 0) is 17.8 Å². The van der Waals surface area contributed by atoms with Gasteiger partial charge in [-0.3, -0.25) is 4.90 Å². The van der Waals surface area contributed by atoms with Gasteiger partial charge in [0.1, 0.15) is 0 Å². The van der Waals surface area contributed by atoms with Crippen molar-refractivity contribution in [2.24, 2.45) is 0 Å². The van der Waals surface area contributed by atoms with E-state index < -0.39 is 0 Å². The topological polar surface area (TPSA) is 24.5 Å². The molecule has 3 nitrogen and oxygen atoms in total. The second-order valence-corrected chi connectivity index (χ2v) is 6.39. The molecule has 20 heavy (non-hydrogen) atoms. The lowest BCUT2D eigenvalue weighted by atomic mass is 10.1. The third-order valence-electron chi connectivity index (χ3n) is 3.68.